The van der Waals surface area contributed by atoms with E-state index in [-0.39, 0.29) is 36.4 Å². The van der Waals surface area contributed by atoms with Gasteiger partial charge in [-0.3, -0.25) is 39.3 Å². The fraction of sp³-hybridized carbons (Fsp3) is 0.205. The van der Waals surface area contributed by atoms with E-state index in [0.717, 1.165) is 55.9 Å². The molecule has 0 radical (unpaired) electrons. The summed E-state index contributed by atoms with van der Waals surface area (Å²) in [7, 11) is 5.68. The van der Waals surface area contributed by atoms with Gasteiger partial charge in [0.05, 0.1) is 5.69 Å². The number of aromatic nitrogens is 3. The molecule has 8 rings (SSSR count). The number of carbonyl (C=O) groups is 5. The lowest BCUT2D eigenvalue weighted by molar-refractivity contribution is -0.136. The number of amides is 4. The Morgan fingerprint density at radius 3 is 2.50 bits per heavy atom. The van der Waals surface area contributed by atoms with Crippen LogP contribution in [0.25, 0.3) is 44.1 Å². The minimum Gasteiger partial charge on any atom is -0.350 e. The van der Waals surface area contributed by atoms with E-state index < -0.39 is 11.9 Å². The van der Waals surface area contributed by atoms with Gasteiger partial charge < -0.3 is 20.1 Å². The Morgan fingerprint density at radius 1 is 0.946 bits per heavy atom. The Labute approximate surface area is 323 Å². The van der Waals surface area contributed by atoms with Crippen molar-refractivity contribution < 1.29 is 24.0 Å². The monoisotopic (exact) mass is 745 g/mol. The van der Waals surface area contributed by atoms with E-state index in [2.05, 4.69) is 38.8 Å². The normalized spacial score (nSPS) is 14.7. The van der Waals surface area contributed by atoms with Crippen LogP contribution < -0.4 is 16.0 Å². The van der Waals surface area contributed by atoms with Crippen LogP contribution in [0, 0.1) is 11.8 Å². The highest BCUT2D eigenvalue weighted by atomic mass is 16.2. The van der Waals surface area contributed by atoms with Crippen LogP contribution in [0.2, 0.25) is 0 Å². The molecular formula is C44H39N7O5. The van der Waals surface area contributed by atoms with E-state index in [9.17, 15) is 24.0 Å². The topological polar surface area (TPSA) is 155 Å². The molecule has 1 saturated heterocycles. The van der Waals surface area contributed by atoms with Gasteiger partial charge in [0.1, 0.15) is 11.7 Å². The molecule has 0 bridgehead atoms. The van der Waals surface area contributed by atoms with Gasteiger partial charge in [0.25, 0.3) is 11.8 Å². The fourth-order valence-corrected chi connectivity index (χ4v) is 7.13. The summed E-state index contributed by atoms with van der Waals surface area (Å²) in [5, 5.41) is 10.8. The molecule has 280 valence electrons. The minimum atomic E-state index is -0.689. The molecule has 2 aliphatic rings. The van der Waals surface area contributed by atoms with E-state index in [0.29, 0.717) is 36.1 Å². The van der Waals surface area contributed by atoms with Gasteiger partial charge in [0.15, 0.2) is 6.29 Å². The van der Waals surface area contributed by atoms with E-state index in [4.69, 9.17) is 4.98 Å². The van der Waals surface area contributed by atoms with E-state index in [1.807, 2.05) is 86.6 Å². The lowest BCUT2D eigenvalue weighted by atomic mass is 9.97. The third-order valence-electron chi connectivity index (χ3n) is 9.86. The van der Waals surface area contributed by atoms with Crippen LogP contribution in [0.4, 0.5) is 0 Å². The number of imide groups is 1. The maximum Gasteiger partial charge on any atom is 0.269 e. The smallest absolute Gasteiger partial charge is 0.269 e. The molecule has 0 spiro atoms. The molecular weight excluding hydrogens is 707 g/mol. The first-order valence-electron chi connectivity index (χ1n) is 18.2. The number of aryl methyl sites for hydroxylation is 1. The largest absolute Gasteiger partial charge is 0.350 e. The van der Waals surface area contributed by atoms with Crippen molar-refractivity contribution in [1.82, 2.24) is 35.4 Å². The summed E-state index contributed by atoms with van der Waals surface area (Å²) in [5.74, 6) is 4.83. The van der Waals surface area contributed by atoms with Crippen LogP contribution >= 0.6 is 0 Å². The predicted molar refractivity (Wildman–Crippen MR) is 214 cm³/mol. The summed E-state index contributed by atoms with van der Waals surface area (Å²) < 4.78 is 1.95. The lowest BCUT2D eigenvalue weighted by Gasteiger charge is -2.29. The van der Waals surface area contributed by atoms with Gasteiger partial charge in [-0.25, -0.2) is 0 Å². The second-order valence-electron chi connectivity index (χ2n) is 13.6. The minimum absolute atomic E-state index is 0.192. The number of hydrogen-bond acceptors (Lipinski definition) is 8. The molecule has 0 aliphatic carbocycles. The first-order valence-corrected chi connectivity index (χ1v) is 18.2. The number of hydrogen-bond donors (Lipinski definition) is 3. The third kappa shape index (κ3) is 7.40. The molecule has 4 amide bonds. The van der Waals surface area contributed by atoms with Gasteiger partial charge in [-0.15, -0.1) is 0 Å². The Morgan fingerprint density at radius 2 is 1.73 bits per heavy atom. The Bertz CT molecular complexity index is 2600. The first-order chi connectivity index (χ1) is 27.2. The molecule has 3 aromatic heterocycles. The standard InChI is InChI=1S/C42H32N6O5.C2H7N/c1-47-22-29(24-49)32-18-27(12-14-37(32)47)30-9-5-8-26-19-36(45-21-33(26)30)28-11-13-35(44-20-28)40(51)43-17-3-2-6-25-7-4-10-31-34(25)23-48(42(31)53)38-15-16-39(50)46-41(38)52;1-3-2/h4-5,7-14,18-22,24,38H,3,15-17,23H2,1H3,(H,43,51)(H,46,50,52);3H,1-2H3. The van der Waals surface area contributed by atoms with Crippen molar-refractivity contribution >= 4 is 51.6 Å². The van der Waals surface area contributed by atoms with Gasteiger partial charge in [-0.05, 0) is 85.1 Å². The molecule has 1 atom stereocenters. The van der Waals surface area contributed by atoms with Gasteiger partial charge in [0.2, 0.25) is 11.8 Å². The lowest BCUT2D eigenvalue weighted by Crippen LogP contribution is -2.52. The van der Waals surface area contributed by atoms with Crippen LogP contribution in [0.15, 0.2) is 91.4 Å². The maximum absolute atomic E-state index is 13.1. The molecule has 1 unspecified atom stereocenters. The number of pyridine rings is 2. The van der Waals surface area contributed by atoms with E-state index >= 15 is 0 Å². The molecule has 6 aromatic rings. The summed E-state index contributed by atoms with van der Waals surface area (Å²) in [6, 6.07) is 22.3. The van der Waals surface area contributed by atoms with Crippen molar-refractivity contribution in [2.24, 2.45) is 7.05 Å². The van der Waals surface area contributed by atoms with E-state index in [1.54, 1.807) is 24.4 Å². The second-order valence-corrected chi connectivity index (χ2v) is 13.6. The van der Waals surface area contributed by atoms with Crippen LogP contribution in [0.5, 0.6) is 0 Å². The number of nitrogens with zero attached hydrogens (tertiary/aromatic N) is 4. The van der Waals surface area contributed by atoms with Crippen LogP contribution in [0.1, 0.15) is 61.6 Å². The second kappa shape index (κ2) is 16.2. The first kappa shape index (κ1) is 37.3. The summed E-state index contributed by atoms with van der Waals surface area (Å²) in [6.07, 6.45) is 7.05. The highest BCUT2D eigenvalue weighted by Gasteiger charge is 2.39. The summed E-state index contributed by atoms with van der Waals surface area (Å²) >= 11 is 0. The molecule has 1 fully saturated rings. The summed E-state index contributed by atoms with van der Waals surface area (Å²) in [6.45, 7) is 0.544. The van der Waals surface area contributed by atoms with Crippen LogP contribution in [0.3, 0.4) is 0 Å². The zero-order chi connectivity index (χ0) is 39.3. The number of carbonyl (C=O) groups excluding carboxylic acids is 5. The predicted octanol–water partition coefficient (Wildman–Crippen LogP) is 5.04. The molecule has 3 N–H and O–H groups in total. The Balaban J connectivity index is 0.00000155. The molecule has 12 nitrogen and oxygen atoms in total. The number of nitrogens with one attached hydrogen (secondary N) is 3. The van der Waals surface area contributed by atoms with Crippen molar-refractivity contribution in [3.63, 3.8) is 0 Å². The highest BCUT2D eigenvalue weighted by molar-refractivity contribution is 6.06. The SMILES string of the molecule is CNC.Cn1cc(C=O)c2cc(-c3cccc4cc(-c5ccc(C(=O)NCCC#Cc6cccc7c6CN(C6CCC(=O)NC6=O)C7=O)nc5)ncc34)ccc21. The van der Waals surface area contributed by atoms with Gasteiger partial charge in [-0.2, -0.15) is 0 Å². The van der Waals surface area contributed by atoms with Crippen LogP contribution in [-0.2, 0) is 23.2 Å². The van der Waals surface area contributed by atoms with Crippen molar-refractivity contribution in [3.8, 4) is 34.2 Å². The van der Waals surface area contributed by atoms with Gasteiger partial charge >= 0.3 is 0 Å². The highest BCUT2D eigenvalue weighted by Crippen LogP contribution is 2.33. The van der Waals surface area contributed by atoms with Crippen molar-refractivity contribution in [1.29, 1.82) is 0 Å². The number of fused-ring (bicyclic) bond motifs is 3. The quantitative estimate of drug-likeness (QED) is 0.0890. The zero-order valence-electron chi connectivity index (χ0n) is 31.2. The molecule has 2 aliphatic heterocycles. The average Bonchev–Trinajstić information content (AvgIpc) is 3.72. The Hall–Kier alpha value is -6.97. The third-order valence-corrected chi connectivity index (χ3v) is 9.86. The van der Waals surface area contributed by atoms with Crippen molar-refractivity contribution in [2.75, 3.05) is 20.6 Å². The molecule has 3 aromatic carbocycles. The summed E-state index contributed by atoms with van der Waals surface area (Å²) in [5.41, 5.74) is 7.35. The maximum atomic E-state index is 13.1. The average molecular weight is 746 g/mol. The zero-order valence-corrected chi connectivity index (χ0v) is 31.2. The van der Waals surface area contributed by atoms with E-state index in [1.165, 1.54) is 4.90 Å². The van der Waals surface area contributed by atoms with Crippen LogP contribution in [-0.4, -0.2) is 76.0 Å². The number of benzene rings is 3. The fourth-order valence-electron chi connectivity index (χ4n) is 7.13. The number of piperidine rings is 1. The molecule has 0 saturated carbocycles. The molecule has 12 heteroatoms. The van der Waals surface area contributed by atoms with Gasteiger partial charge in [-0.1, -0.05) is 42.2 Å². The van der Waals surface area contributed by atoms with Crippen molar-refractivity contribution in [3.05, 3.63) is 119 Å². The number of aldehydes is 1. The number of rotatable bonds is 7. The van der Waals surface area contributed by atoms with Gasteiger partial charge in [0, 0.05) is 90.1 Å². The van der Waals surface area contributed by atoms with Crippen molar-refractivity contribution in [2.45, 2.75) is 31.8 Å². The summed E-state index contributed by atoms with van der Waals surface area (Å²) in [4.78, 5) is 72.2. The molecule has 56 heavy (non-hydrogen) atoms. The Kier molecular flexibility index (Phi) is 10.8. The molecule has 5 heterocycles.